The predicted octanol–water partition coefficient (Wildman–Crippen LogP) is 3.96. The van der Waals surface area contributed by atoms with E-state index in [0.29, 0.717) is 6.54 Å². The Balaban J connectivity index is 2.09. The second-order valence-electron chi connectivity index (χ2n) is 5.19. The molecule has 0 saturated carbocycles. The molecule has 0 N–H and O–H groups in total. The van der Waals surface area contributed by atoms with Crippen LogP contribution in [-0.4, -0.2) is 24.3 Å². The van der Waals surface area contributed by atoms with Gasteiger partial charge in [0.15, 0.2) is 0 Å². The van der Waals surface area contributed by atoms with Crippen LogP contribution < -0.4 is 0 Å². The second kappa shape index (κ2) is 8.75. The minimum atomic E-state index is 0.610. The van der Waals surface area contributed by atoms with Crippen molar-refractivity contribution in [1.29, 1.82) is 0 Å². The molecule has 0 atom stereocenters. The van der Waals surface area contributed by atoms with E-state index in [0.717, 1.165) is 30.5 Å². The molecule has 0 aliphatic heterocycles. The monoisotopic (exact) mass is 291 g/mol. The minimum absolute atomic E-state index is 0.610. The van der Waals surface area contributed by atoms with E-state index in [1.807, 2.05) is 60.7 Å². The lowest BCUT2D eigenvalue weighted by atomic mass is 10.1. The molecule has 2 nitrogen and oxygen atoms in total. The van der Waals surface area contributed by atoms with Gasteiger partial charge in [0.2, 0.25) is 0 Å². The molecule has 0 aliphatic carbocycles. The molecule has 0 saturated heterocycles. The van der Waals surface area contributed by atoms with Gasteiger partial charge in [-0.25, -0.2) is 0 Å². The van der Waals surface area contributed by atoms with E-state index in [9.17, 15) is 4.79 Å². The SMILES string of the molecule is C=CCN(C/C(C=O)=C\c1ccccc1)Cc1ccccc1. The Hall–Kier alpha value is -2.45. The first-order valence-electron chi connectivity index (χ1n) is 7.40. The number of aldehydes is 1. The summed E-state index contributed by atoms with van der Waals surface area (Å²) in [4.78, 5) is 13.6. The van der Waals surface area contributed by atoms with Crippen molar-refractivity contribution in [2.24, 2.45) is 0 Å². The molecule has 0 amide bonds. The van der Waals surface area contributed by atoms with E-state index in [-0.39, 0.29) is 0 Å². The van der Waals surface area contributed by atoms with E-state index in [1.54, 1.807) is 0 Å². The number of carbonyl (C=O) groups excluding carboxylic acids is 1. The highest BCUT2D eigenvalue weighted by molar-refractivity contribution is 5.82. The molecule has 22 heavy (non-hydrogen) atoms. The zero-order valence-electron chi connectivity index (χ0n) is 12.7. The van der Waals surface area contributed by atoms with Gasteiger partial charge in [-0.1, -0.05) is 66.7 Å². The first-order valence-corrected chi connectivity index (χ1v) is 7.40. The summed E-state index contributed by atoms with van der Waals surface area (Å²) in [6, 6.07) is 20.2. The summed E-state index contributed by atoms with van der Waals surface area (Å²) in [5, 5.41) is 0. The minimum Gasteiger partial charge on any atom is -0.298 e. The first kappa shape index (κ1) is 15.9. The molecule has 0 heterocycles. The maximum atomic E-state index is 11.4. The molecule has 2 rings (SSSR count). The van der Waals surface area contributed by atoms with Gasteiger partial charge in [0, 0.05) is 25.2 Å². The molecule has 2 aromatic rings. The molecule has 0 spiro atoms. The average molecular weight is 291 g/mol. The van der Waals surface area contributed by atoms with Crippen LogP contribution in [0, 0.1) is 0 Å². The van der Waals surface area contributed by atoms with Crippen molar-refractivity contribution >= 4 is 12.4 Å². The number of hydrogen-bond acceptors (Lipinski definition) is 2. The highest BCUT2D eigenvalue weighted by atomic mass is 16.1. The number of hydrogen-bond donors (Lipinski definition) is 0. The Kier molecular flexibility index (Phi) is 6.34. The lowest BCUT2D eigenvalue weighted by molar-refractivity contribution is -0.105. The third-order valence-electron chi connectivity index (χ3n) is 3.35. The summed E-state index contributed by atoms with van der Waals surface area (Å²) < 4.78 is 0. The van der Waals surface area contributed by atoms with E-state index >= 15 is 0 Å². The molecule has 0 bridgehead atoms. The molecule has 0 aromatic heterocycles. The van der Waals surface area contributed by atoms with Gasteiger partial charge < -0.3 is 0 Å². The Labute approximate surface area is 132 Å². The third kappa shape index (κ3) is 5.15. The fourth-order valence-corrected chi connectivity index (χ4v) is 2.35. The molecule has 0 radical (unpaired) electrons. The van der Waals surface area contributed by atoms with Crippen molar-refractivity contribution in [2.75, 3.05) is 13.1 Å². The van der Waals surface area contributed by atoms with Gasteiger partial charge in [-0.05, 0) is 17.2 Å². The molecule has 0 unspecified atom stereocenters. The van der Waals surface area contributed by atoms with Crippen LogP contribution in [0.2, 0.25) is 0 Å². The zero-order chi connectivity index (χ0) is 15.6. The summed E-state index contributed by atoms with van der Waals surface area (Å²) in [5.41, 5.74) is 3.04. The molecular weight excluding hydrogens is 270 g/mol. The van der Waals surface area contributed by atoms with Crippen LogP contribution in [0.4, 0.5) is 0 Å². The lowest BCUT2D eigenvalue weighted by Gasteiger charge is -2.20. The molecule has 2 heteroatoms. The summed E-state index contributed by atoms with van der Waals surface area (Å²) >= 11 is 0. The van der Waals surface area contributed by atoms with Crippen LogP contribution in [0.25, 0.3) is 6.08 Å². The number of carbonyl (C=O) groups is 1. The summed E-state index contributed by atoms with van der Waals surface area (Å²) in [5.74, 6) is 0. The van der Waals surface area contributed by atoms with Crippen LogP contribution in [0.15, 0.2) is 78.9 Å². The summed E-state index contributed by atoms with van der Waals surface area (Å²) in [7, 11) is 0. The number of benzene rings is 2. The van der Waals surface area contributed by atoms with Crippen molar-refractivity contribution in [3.05, 3.63) is 90.0 Å². The van der Waals surface area contributed by atoms with Crippen molar-refractivity contribution in [3.63, 3.8) is 0 Å². The smallest absolute Gasteiger partial charge is 0.147 e. The first-order chi connectivity index (χ1) is 10.8. The van der Waals surface area contributed by atoms with E-state index < -0.39 is 0 Å². The van der Waals surface area contributed by atoms with Gasteiger partial charge in [0.25, 0.3) is 0 Å². The fraction of sp³-hybridized carbons (Fsp3) is 0.150. The van der Waals surface area contributed by atoms with Crippen LogP contribution in [0.5, 0.6) is 0 Å². The summed E-state index contributed by atoms with van der Waals surface area (Å²) in [6.07, 6.45) is 4.75. The number of nitrogens with zero attached hydrogens (tertiary/aromatic N) is 1. The standard InChI is InChI=1S/C20H21NO/c1-2-13-21(15-19-11-7-4-8-12-19)16-20(17-22)14-18-9-5-3-6-10-18/h2-12,14,17H,1,13,15-16H2/b20-14+. The maximum Gasteiger partial charge on any atom is 0.147 e. The molecule has 0 fully saturated rings. The highest BCUT2D eigenvalue weighted by Gasteiger charge is 2.07. The van der Waals surface area contributed by atoms with Gasteiger partial charge in [0.1, 0.15) is 6.29 Å². The maximum absolute atomic E-state index is 11.4. The van der Waals surface area contributed by atoms with E-state index in [2.05, 4.69) is 23.6 Å². The van der Waals surface area contributed by atoms with Gasteiger partial charge in [-0.2, -0.15) is 0 Å². The van der Waals surface area contributed by atoms with Crippen molar-refractivity contribution in [1.82, 2.24) is 4.90 Å². The van der Waals surface area contributed by atoms with Crippen LogP contribution in [-0.2, 0) is 11.3 Å². The van der Waals surface area contributed by atoms with Crippen LogP contribution >= 0.6 is 0 Å². The highest BCUT2D eigenvalue weighted by Crippen LogP contribution is 2.10. The second-order valence-corrected chi connectivity index (χ2v) is 5.19. The zero-order valence-corrected chi connectivity index (χ0v) is 12.7. The topological polar surface area (TPSA) is 20.3 Å². The van der Waals surface area contributed by atoms with Crippen molar-refractivity contribution in [2.45, 2.75) is 6.54 Å². The predicted molar refractivity (Wildman–Crippen MR) is 92.4 cm³/mol. The molecular formula is C20H21NO. The largest absolute Gasteiger partial charge is 0.298 e. The molecule has 112 valence electrons. The van der Waals surface area contributed by atoms with Crippen LogP contribution in [0.3, 0.4) is 0 Å². The van der Waals surface area contributed by atoms with Crippen molar-refractivity contribution in [3.8, 4) is 0 Å². The normalized spacial score (nSPS) is 11.4. The van der Waals surface area contributed by atoms with Gasteiger partial charge in [-0.3, -0.25) is 9.69 Å². The lowest BCUT2D eigenvalue weighted by Crippen LogP contribution is -2.26. The van der Waals surface area contributed by atoms with Crippen molar-refractivity contribution < 1.29 is 4.79 Å². The quantitative estimate of drug-likeness (QED) is 0.417. The van der Waals surface area contributed by atoms with E-state index in [4.69, 9.17) is 0 Å². The number of rotatable bonds is 8. The summed E-state index contributed by atoms with van der Waals surface area (Å²) in [6.45, 7) is 5.96. The van der Waals surface area contributed by atoms with Crippen LogP contribution in [0.1, 0.15) is 11.1 Å². The average Bonchev–Trinajstić information content (AvgIpc) is 2.56. The Morgan fingerprint density at radius 2 is 1.64 bits per heavy atom. The van der Waals surface area contributed by atoms with Gasteiger partial charge in [0.05, 0.1) is 0 Å². The molecule has 0 aliphatic rings. The Morgan fingerprint density at radius 3 is 2.23 bits per heavy atom. The fourth-order valence-electron chi connectivity index (χ4n) is 2.35. The van der Waals surface area contributed by atoms with Gasteiger partial charge in [-0.15, -0.1) is 6.58 Å². The Bertz CT molecular complexity index is 617. The third-order valence-corrected chi connectivity index (χ3v) is 3.35. The molecule has 2 aromatic carbocycles. The Morgan fingerprint density at radius 1 is 1.00 bits per heavy atom. The van der Waals surface area contributed by atoms with E-state index in [1.165, 1.54) is 5.56 Å². The van der Waals surface area contributed by atoms with Gasteiger partial charge >= 0.3 is 0 Å².